The average molecular weight is 443 g/mol. The third kappa shape index (κ3) is 4.07. The maximum Gasteiger partial charge on any atom is 0.243 e. The molecule has 4 aromatic heterocycles. The molecule has 0 spiro atoms. The van der Waals surface area contributed by atoms with E-state index in [-0.39, 0.29) is 18.0 Å². The van der Waals surface area contributed by atoms with E-state index in [1.54, 1.807) is 7.11 Å². The van der Waals surface area contributed by atoms with Gasteiger partial charge < -0.3 is 20.9 Å². The van der Waals surface area contributed by atoms with Crippen molar-refractivity contribution in [3.63, 3.8) is 0 Å². The monoisotopic (exact) mass is 442 g/mol. The highest BCUT2D eigenvalue weighted by atomic mass is 16.5. The summed E-state index contributed by atoms with van der Waals surface area (Å²) in [4.78, 5) is 0. The fourth-order valence-electron chi connectivity index (χ4n) is 3.16. The van der Waals surface area contributed by atoms with Crippen molar-refractivity contribution in [3.8, 4) is 11.8 Å². The Hall–Kier alpha value is -3.70. The number of methoxy groups -OCH3 is 1. The average Bonchev–Trinajstić information content (AvgIpc) is 3.35. The molecule has 0 bridgehead atoms. The number of nitrogen functional groups attached to an aromatic ring is 2. The molecule has 0 aliphatic heterocycles. The highest BCUT2D eigenvalue weighted by molar-refractivity contribution is 5.55. The van der Waals surface area contributed by atoms with Crippen LogP contribution in [0.1, 0.15) is 48.9 Å². The molecule has 4 N–H and O–H groups in total. The Morgan fingerprint density at radius 2 is 1.16 bits per heavy atom. The van der Waals surface area contributed by atoms with Gasteiger partial charge in [0, 0.05) is 22.3 Å². The van der Waals surface area contributed by atoms with E-state index in [2.05, 4.69) is 44.4 Å². The molecule has 0 saturated carbocycles. The molecule has 172 valence electrons. The van der Waals surface area contributed by atoms with Crippen molar-refractivity contribution in [1.82, 2.24) is 39.6 Å². The molecule has 4 heterocycles. The van der Waals surface area contributed by atoms with Gasteiger partial charge in [0.05, 0.1) is 13.2 Å². The van der Waals surface area contributed by atoms with Gasteiger partial charge in [0.15, 0.2) is 11.3 Å². The number of nitrogens with zero attached hydrogens (tertiary/aromatic N) is 8. The number of ether oxygens (including phenoxy) is 2. The van der Waals surface area contributed by atoms with Gasteiger partial charge in [-0.15, -0.1) is 30.6 Å². The van der Waals surface area contributed by atoms with Crippen LogP contribution < -0.4 is 20.9 Å². The minimum Gasteiger partial charge on any atom is -0.480 e. The van der Waals surface area contributed by atoms with Gasteiger partial charge >= 0.3 is 0 Å². The minimum absolute atomic E-state index is 0.172. The van der Waals surface area contributed by atoms with Crippen LogP contribution in [0.15, 0.2) is 0 Å². The maximum absolute atomic E-state index is 5.91. The quantitative estimate of drug-likeness (QED) is 0.469. The first-order valence-electron chi connectivity index (χ1n) is 10.4. The highest BCUT2D eigenvalue weighted by Gasteiger charge is 2.16. The Morgan fingerprint density at radius 1 is 0.719 bits per heavy atom. The number of hydrogen-bond acceptors (Lipinski definition) is 10. The van der Waals surface area contributed by atoms with Gasteiger partial charge in [-0.25, -0.2) is 0 Å². The first-order chi connectivity index (χ1) is 15.2. The Labute approximate surface area is 185 Å². The molecule has 12 heteroatoms. The van der Waals surface area contributed by atoms with Crippen molar-refractivity contribution in [2.24, 2.45) is 0 Å². The van der Waals surface area contributed by atoms with E-state index in [1.807, 2.05) is 27.7 Å². The summed E-state index contributed by atoms with van der Waals surface area (Å²) in [6.07, 6.45) is 2.07. The van der Waals surface area contributed by atoms with Crippen LogP contribution in [0.3, 0.4) is 0 Å². The molecule has 0 fully saturated rings. The molecule has 12 nitrogen and oxygen atoms in total. The second-order valence-electron chi connectivity index (χ2n) is 7.46. The third-order valence-electron chi connectivity index (χ3n) is 5.53. The molecule has 0 amide bonds. The molecule has 0 aromatic carbocycles. The summed E-state index contributed by atoms with van der Waals surface area (Å²) in [6, 6.07) is 0. The van der Waals surface area contributed by atoms with Crippen LogP contribution in [-0.4, -0.2) is 52.8 Å². The summed E-state index contributed by atoms with van der Waals surface area (Å²) in [5.74, 6) is 1.70. The number of aromatic nitrogens is 8. The summed E-state index contributed by atoms with van der Waals surface area (Å²) in [5, 5.41) is 24.0. The zero-order chi connectivity index (χ0) is 23.6. The molecule has 0 radical (unpaired) electrons. The third-order valence-corrected chi connectivity index (χ3v) is 5.53. The summed E-state index contributed by atoms with van der Waals surface area (Å²) in [5.41, 5.74) is 16.6. The van der Waals surface area contributed by atoms with Crippen molar-refractivity contribution in [2.75, 3.05) is 18.6 Å². The summed E-state index contributed by atoms with van der Waals surface area (Å²) >= 11 is 0. The summed E-state index contributed by atoms with van der Waals surface area (Å²) < 4.78 is 14.0. The predicted octanol–water partition coefficient (Wildman–Crippen LogP) is 2.22. The Kier molecular flexibility index (Phi) is 6.61. The predicted molar refractivity (Wildman–Crippen MR) is 121 cm³/mol. The van der Waals surface area contributed by atoms with Crippen LogP contribution in [0, 0.1) is 27.7 Å². The fraction of sp³-hybridized carbons (Fsp3) is 0.500. The lowest BCUT2D eigenvalue weighted by atomic mass is 10.2. The number of anilines is 2. The normalized spacial score (nSPS) is 11.1. The summed E-state index contributed by atoms with van der Waals surface area (Å²) in [6.45, 7) is 12.0. The molecule has 32 heavy (non-hydrogen) atoms. The van der Waals surface area contributed by atoms with E-state index < -0.39 is 0 Å². The zero-order valence-corrected chi connectivity index (χ0v) is 19.5. The van der Waals surface area contributed by atoms with Gasteiger partial charge in [-0.2, -0.15) is 9.03 Å². The van der Waals surface area contributed by atoms with Crippen molar-refractivity contribution in [2.45, 2.75) is 60.5 Å². The van der Waals surface area contributed by atoms with Gasteiger partial charge in [0.2, 0.25) is 23.7 Å². The summed E-state index contributed by atoms with van der Waals surface area (Å²) in [7, 11) is 1.57. The van der Waals surface area contributed by atoms with Crippen LogP contribution >= 0.6 is 0 Å². The lowest BCUT2D eigenvalue weighted by molar-refractivity contribution is 0.181. The largest absolute Gasteiger partial charge is 0.480 e. The lowest BCUT2D eigenvalue weighted by Crippen LogP contribution is -2.17. The Bertz CT molecular complexity index is 1240. The molecule has 4 aromatic rings. The topological polar surface area (TPSA) is 157 Å². The van der Waals surface area contributed by atoms with Gasteiger partial charge in [-0.3, -0.25) is 0 Å². The fourth-order valence-corrected chi connectivity index (χ4v) is 3.16. The molecule has 0 atom stereocenters. The molecular weight excluding hydrogens is 412 g/mol. The second kappa shape index (κ2) is 9.20. The maximum atomic E-state index is 5.91. The minimum atomic E-state index is 0.172. The Morgan fingerprint density at radius 3 is 1.59 bits per heavy atom. The first-order valence-corrected chi connectivity index (χ1v) is 10.4. The molecular formula is C20H30N10O2. The van der Waals surface area contributed by atoms with Crippen LogP contribution in [0.2, 0.25) is 0 Å². The van der Waals surface area contributed by atoms with Crippen LogP contribution in [0.5, 0.6) is 11.8 Å². The standard InChI is InChI=1S/C12H19N5O.C8H11N5O/c1-5-9(6-2)18-11-8(4)7(3)10-14-15-12(13)17(10)16-11;1-4-5(2)7(14-3)12-13-6(4)10-11-8(13)9/h9H,5-6H2,1-4H3,(H2,13,15);1-3H3,(H2,9,11). The van der Waals surface area contributed by atoms with E-state index in [0.717, 1.165) is 35.1 Å². The van der Waals surface area contributed by atoms with Crippen molar-refractivity contribution >= 4 is 23.2 Å². The van der Waals surface area contributed by atoms with Crippen molar-refractivity contribution in [3.05, 3.63) is 22.3 Å². The van der Waals surface area contributed by atoms with Crippen LogP contribution in [-0.2, 0) is 0 Å². The van der Waals surface area contributed by atoms with E-state index >= 15 is 0 Å². The van der Waals surface area contributed by atoms with Crippen LogP contribution in [0.4, 0.5) is 11.9 Å². The Balaban J connectivity index is 0.000000186. The second-order valence-corrected chi connectivity index (χ2v) is 7.46. The number of fused-ring (bicyclic) bond motifs is 2. The first kappa shape index (κ1) is 23.0. The molecule has 0 saturated heterocycles. The SMILES string of the molecule is CCC(CC)Oc1nn2c(N)nnc2c(C)c1C.COc1nn2c(N)nnc2c(C)c1C. The number of nitrogens with two attached hydrogens (primary N) is 2. The van der Waals surface area contributed by atoms with E-state index in [4.69, 9.17) is 20.9 Å². The number of hydrogen-bond donors (Lipinski definition) is 2. The van der Waals surface area contributed by atoms with E-state index in [1.165, 1.54) is 9.03 Å². The molecule has 0 aliphatic carbocycles. The van der Waals surface area contributed by atoms with Crippen LogP contribution in [0.25, 0.3) is 11.3 Å². The molecule has 0 aliphatic rings. The lowest BCUT2D eigenvalue weighted by Gasteiger charge is -2.17. The smallest absolute Gasteiger partial charge is 0.243 e. The van der Waals surface area contributed by atoms with Gasteiger partial charge in [-0.1, -0.05) is 13.8 Å². The van der Waals surface area contributed by atoms with Gasteiger partial charge in [0.25, 0.3) is 0 Å². The van der Waals surface area contributed by atoms with E-state index in [9.17, 15) is 0 Å². The number of rotatable bonds is 5. The van der Waals surface area contributed by atoms with Crippen molar-refractivity contribution in [1.29, 1.82) is 0 Å². The van der Waals surface area contributed by atoms with Crippen molar-refractivity contribution < 1.29 is 9.47 Å². The van der Waals surface area contributed by atoms with Gasteiger partial charge in [-0.05, 0) is 40.5 Å². The van der Waals surface area contributed by atoms with Gasteiger partial charge in [0.1, 0.15) is 0 Å². The molecule has 0 unspecified atom stereocenters. The number of aryl methyl sites for hydroxylation is 2. The highest BCUT2D eigenvalue weighted by Crippen LogP contribution is 2.24. The van der Waals surface area contributed by atoms with E-state index in [0.29, 0.717) is 23.1 Å². The zero-order valence-electron chi connectivity index (χ0n) is 19.5. The molecule has 4 rings (SSSR count).